The van der Waals surface area contributed by atoms with Crippen LogP contribution in [0.1, 0.15) is 22.4 Å². The van der Waals surface area contributed by atoms with Gasteiger partial charge in [-0.05, 0) is 43.0 Å². The van der Waals surface area contributed by atoms with Crippen LogP contribution in [0.3, 0.4) is 0 Å². The highest BCUT2D eigenvalue weighted by atomic mass is 35.5. The van der Waals surface area contributed by atoms with Crippen molar-refractivity contribution in [1.29, 1.82) is 0 Å². The SMILES string of the molecule is CNc1ncc2c(n1)CCN(c1cc(-c3ncc(C)cc3C)c(Cl)cn1)CC2. The maximum absolute atomic E-state index is 6.47. The average molecular weight is 395 g/mol. The van der Waals surface area contributed by atoms with Gasteiger partial charge in [-0.3, -0.25) is 4.98 Å². The van der Waals surface area contributed by atoms with Gasteiger partial charge in [-0.15, -0.1) is 0 Å². The van der Waals surface area contributed by atoms with Gasteiger partial charge in [0.25, 0.3) is 0 Å². The predicted molar refractivity (Wildman–Crippen MR) is 113 cm³/mol. The Morgan fingerprint density at radius 3 is 2.61 bits per heavy atom. The topological polar surface area (TPSA) is 66.8 Å². The molecule has 3 aromatic heterocycles. The number of aryl methyl sites for hydroxylation is 2. The van der Waals surface area contributed by atoms with Crippen LogP contribution >= 0.6 is 11.6 Å². The highest BCUT2D eigenvalue weighted by molar-refractivity contribution is 6.33. The number of fused-ring (bicyclic) bond motifs is 1. The zero-order valence-electron chi connectivity index (χ0n) is 16.3. The van der Waals surface area contributed by atoms with Crippen molar-refractivity contribution >= 4 is 23.4 Å². The lowest BCUT2D eigenvalue weighted by Gasteiger charge is -2.22. The van der Waals surface area contributed by atoms with Gasteiger partial charge in [0.1, 0.15) is 5.82 Å². The van der Waals surface area contributed by atoms with Crippen LogP contribution < -0.4 is 10.2 Å². The molecule has 4 rings (SSSR count). The fraction of sp³-hybridized carbons (Fsp3) is 0.333. The van der Waals surface area contributed by atoms with Gasteiger partial charge in [0, 0.05) is 50.7 Å². The van der Waals surface area contributed by atoms with Crippen LogP contribution in [-0.4, -0.2) is 40.1 Å². The lowest BCUT2D eigenvalue weighted by atomic mass is 10.1. The van der Waals surface area contributed by atoms with E-state index in [4.69, 9.17) is 11.6 Å². The van der Waals surface area contributed by atoms with E-state index in [1.54, 1.807) is 6.20 Å². The molecule has 0 atom stereocenters. The zero-order valence-corrected chi connectivity index (χ0v) is 17.1. The quantitative estimate of drug-likeness (QED) is 0.727. The molecule has 0 unspecified atom stereocenters. The normalized spacial score (nSPS) is 13.8. The predicted octanol–water partition coefficient (Wildman–Crippen LogP) is 3.85. The first-order valence-electron chi connectivity index (χ1n) is 9.42. The molecular weight excluding hydrogens is 372 g/mol. The second kappa shape index (κ2) is 7.72. The minimum Gasteiger partial charge on any atom is -0.357 e. The van der Waals surface area contributed by atoms with Crippen LogP contribution in [-0.2, 0) is 12.8 Å². The summed E-state index contributed by atoms with van der Waals surface area (Å²) < 4.78 is 0. The molecule has 0 aliphatic carbocycles. The maximum atomic E-state index is 6.47. The van der Waals surface area contributed by atoms with Crippen molar-refractivity contribution in [3.05, 3.63) is 58.1 Å². The van der Waals surface area contributed by atoms with E-state index in [2.05, 4.69) is 43.1 Å². The molecule has 144 valence electrons. The Kier molecular flexibility index (Phi) is 5.13. The van der Waals surface area contributed by atoms with Crippen LogP contribution in [0.15, 0.2) is 30.7 Å². The molecule has 1 aliphatic rings. The van der Waals surface area contributed by atoms with Crippen molar-refractivity contribution in [2.24, 2.45) is 0 Å². The summed E-state index contributed by atoms with van der Waals surface area (Å²) in [4.78, 5) is 20.5. The van der Waals surface area contributed by atoms with E-state index in [1.807, 2.05) is 32.4 Å². The Hall–Kier alpha value is -2.73. The number of halogens is 1. The van der Waals surface area contributed by atoms with Crippen LogP contribution in [0.4, 0.5) is 11.8 Å². The van der Waals surface area contributed by atoms with Gasteiger partial charge in [0.05, 0.1) is 16.4 Å². The number of nitrogens with one attached hydrogen (secondary N) is 1. The lowest BCUT2D eigenvalue weighted by molar-refractivity contribution is 0.787. The summed E-state index contributed by atoms with van der Waals surface area (Å²) in [5, 5.41) is 3.63. The number of hydrogen-bond donors (Lipinski definition) is 1. The Bertz CT molecular complexity index is 1020. The fourth-order valence-corrected chi connectivity index (χ4v) is 3.80. The minimum atomic E-state index is 0.617. The van der Waals surface area contributed by atoms with Crippen LogP contribution in [0.5, 0.6) is 0 Å². The summed E-state index contributed by atoms with van der Waals surface area (Å²) >= 11 is 6.47. The van der Waals surface area contributed by atoms with Gasteiger partial charge in [-0.2, -0.15) is 0 Å². The lowest BCUT2D eigenvalue weighted by Crippen LogP contribution is -2.27. The third-order valence-corrected chi connectivity index (χ3v) is 5.38. The molecular formula is C21H23ClN6. The zero-order chi connectivity index (χ0) is 19.7. The first-order valence-corrected chi connectivity index (χ1v) is 9.79. The van der Waals surface area contributed by atoms with Crippen molar-refractivity contribution in [2.75, 3.05) is 30.4 Å². The number of aromatic nitrogens is 4. The molecule has 0 aromatic carbocycles. The molecule has 1 N–H and O–H groups in total. The molecule has 0 amide bonds. The van der Waals surface area contributed by atoms with Crippen LogP contribution in [0.25, 0.3) is 11.3 Å². The second-order valence-electron chi connectivity index (χ2n) is 7.10. The van der Waals surface area contributed by atoms with Crippen LogP contribution in [0.2, 0.25) is 5.02 Å². The molecule has 0 bridgehead atoms. The standard InChI is InChI=1S/C21H23ClN6/c1-13-8-14(2)20(25-10-13)16-9-19(24-12-17(16)22)28-6-4-15-11-26-21(23-3)27-18(15)5-7-28/h8-12H,4-7H2,1-3H3,(H,23,26,27). The monoisotopic (exact) mass is 394 g/mol. The molecule has 1 aliphatic heterocycles. The van der Waals surface area contributed by atoms with E-state index in [0.29, 0.717) is 11.0 Å². The molecule has 6 nitrogen and oxygen atoms in total. The number of nitrogens with zero attached hydrogens (tertiary/aromatic N) is 5. The summed E-state index contributed by atoms with van der Waals surface area (Å²) in [5.74, 6) is 1.58. The van der Waals surface area contributed by atoms with Crippen molar-refractivity contribution in [3.8, 4) is 11.3 Å². The summed E-state index contributed by atoms with van der Waals surface area (Å²) in [6.07, 6.45) is 7.27. The van der Waals surface area contributed by atoms with Gasteiger partial charge in [0.2, 0.25) is 5.95 Å². The Labute approximate surface area is 170 Å². The van der Waals surface area contributed by atoms with Crippen molar-refractivity contribution < 1.29 is 0 Å². The first kappa shape index (κ1) is 18.6. The summed E-state index contributed by atoms with van der Waals surface area (Å²) in [6.45, 7) is 5.82. The minimum absolute atomic E-state index is 0.617. The second-order valence-corrected chi connectivity index (χ2v) is 7.51. The van der Waals surface area contributed by atoms with E-state index in [-0.39, 0.29) is 0 Å². The molecule has 28 heavy (non-hydrogen) atoms. The molecule has 3 aromatic rings. The van der Waals surface area contributed by atoms with E-state index < -0.39 is 0 Å². The first-order chi connectivity index (χ1) is 13.5. The van der Waals surface area contributed by atoms with E-state index >= 15 is 0 Å². The number of hydrogen-bond acceptors (Lipinski definition) is 6. The van der Waals surface area contributed by atoms with Gasteiger partial charge in [-0.1, -0.05) is 17.7 Å². The molecule has 0 saturated carbocycles. The molecule has 0 spiro atoms. The number of pyridine rings is 2. The maximum Gasteiger partial charge on any atom is 0.222 e. The summed E-state index contributed by atoms with van der Waals surface area (Å²) in [6, 6.07) is 4.17. The van der Waals surface area contributed by atoms with Crippen molar-refractivity contribution in [1.82, 2.24) is 19.9 Å². The highest BCUT2D eigenvalue weighted by Crippen LogP contribution is 2.32. The average Bonchev–Trinajstić information content (AvgIpc) is 2.91. The summed E-state index contributed by atoms with van der Waals surface area (Å²) in [5.41, 5.74) is 6.38. The van der Waals surface area contributed by atoms with Gasteiger partial charge < -0.3 is 10.2 Å². The molecule has 0 fully saturated rings. The van der Waals surface area contributed by atoms with E-state index in [1.165, 1.54) is 5.56 Å². The van der Waals surface area contributed by atoms with Crippen LogP contribution in [0, 0.1) is 13.8 Å². The van der Waals surface area contributed by atoms with E-state index in [0.717, 1.165) is 59.8 Å². The van der Waals surface area contributed by atoms with Gasteiger partial charge in [-0.25, -0.2) is 15.0 Å². The highest BCUT2D eigenvalue weighted by Gasteiger charge is 2.19. The Morgan fingerprint density at radius 2 is 1.82 bits per heavy atom. The third-order valence-electron chi connectivity index (χ3n) is 5.08. The summed E-state index contributed by atoms with van der Waals surface area (Å²) in [7, 11) is 1.84. The molecule has 0 radical (unpaired) electrons. The number of anilines is 2. The van der Waals surface area contributed by atoms with Crippen molar-refractivity contribution in [3.63, 3.8) is 0 Å². The molecule has 4 heterocycles. The largest absolute Gasteiger partial charge is 0.357 e. The third kappa shape index (κ3) is 3.64. The van der Waals surface area contributed by atoms with E-state index in [9.17, 15) is 0 Å². The number of rotatable bonds is 3. The Morgan fingerprint density at radius 1 is 1.00 bits per heavy atom. The smallest absolute Gasteiger partial charge is 0.222 e. The van der Waals surface area contributed by atoms with Gasteiger partial charge >= 0.3 is 0 Å². The molecule has 7 heteroatoms. The molecule has 0 saturated heterocycles. The Balaban J connectivity index is 1.63. The van der Waals surface area contributed by atoms with Crippen molar-refractivity contribution in [2.45, 2.75) is 26.7 Å². The fourth-order valence-electron chi connectivity index (χ4n) is 3.60. The van der Waals surface area contributed by atoms with Gasteiger partial charge in [0.15, 0.2) is 0 Å².